The molecule has 0 saturated carbocycles. The van der Waals surface area contributed by atoms with Crippen molar-refractivity contribution in [3.8, 4) is 17.2 Å². The monoisotopic (exact) mass is 547 g/mol. The molecule has 2 atom stereocenters. The molecule has 0 spiro atoms. The van der Waals surface area contributed by atoms with Crippen molar-refractivity contribution in [2.45, 2.75) is 58.7 Å². The van der Waals surface area contributed by atoms with Crippen molar-refractivity contribution in [2.75, 3.05) is 31.0 Å². The Morgan fingerprint density at radius 2 is 1.76 bits per heavy atom. The van der Waals surface area contributed by atoms with Crippen LogP contribution in [0.2, 0.25) is 0 Å². The maximum Gasteiger partial charge on any atom is 0.242 e. The van der Waals surface area contributed by atoms with E-state index in [-0.39, 0.29) is 50.6 Å². The van der Waals surface area contributed by atoms with E-state index >= 15 is 0 Å². The predicted molar refractivity (Wildman–Crippen MR) is 145 cm³/mol. The molecule has 38 heavy (non-hydrogen) atoms. The van der Waals surface area contributed by atoms with E-state index in [0.717, 1.165) is 18.2 Å². The molecule has 1 heterocycles. The van der Waals surface area contributed by atoms with Gasteiger partial charge in [0.15, 0.2) is 11.5 Å². The Hall–Kier alpha value is -3.47. The normalized spacial score (nSPS) is 13.9. The molecule has 10 nitrogen and oxygen atoms in total. The quantitative estimate of drug-likeness (QED) is 0.409. The molecule has 3 rings (SSSR count). The minimum absolute atomic E-state index is 0.0205. The number of benzene rings is 2. The fraction of sp³-hybridized carbons (Fsp3) is 0.481. The third kappa shape index (κ3) is 7.53. The molecule has 11 heteroatoms. The fourth-order valence-electron chi connectivity index (χ4n) is 4.02. The van der Waals surface area contributed by atoms with Gasteiger partial charge in [-0.25, -0.2) is 8.42 Å². The van der Waals surface area contributed by atoms with Crippen LogP contribution < -0.4 is 23.8 Å². The SMILES string of the molecule is CC[C@@H](C)NC(=O)[C@@H](C)N(Cc1ccc(OC)cc1)C(=O)CCCN(c1ccc2c(c1)OCO2)S(C)(=O)=O. The van der Waals surface area contributed by atoms with Crippen LogP contribution in [0.25, 0.3) is 0 Å². The van der Waals surface area contributed by atoms with Gasteiger partial charge in [0.1, 0.15) is 11.8 Å². The lowest BCUT2D eigenvalue weighted by Gasteiger charge is -2.30. The molecule has 2 aromatic carbocycles. The van der Waals surface area contributed by atoms with E-state index in [4.69, 9.17) is 14.2 Å². The number of sulfonamides is 1. The van der Waals surface area contributed by atoms with E-state index in [1.807, 2.05) is 26.0 Å². The summed E-state index contributed by atoms with van der Waals surface area (Å²) in [4.78, 5) is 27.8. The summed E-state index contributed by atoms with van der Waals surface area (Å²) < 4.78 is 42.3. The molecule has 0 bridgehead atoms. The summed E-state index contributed by atoms with van der Waals surface area (Å²) in [5.41, 5.74) is 1.28. The number of carbonyl (C=O) groups is 2. The molecule has 0 aliphatic carbocycles. The van der Waals surface area contributed by atoms with Gasteiger partial charge in [0, 0.05) is 31.6 Å². The summed E-state index contributed by atoms with van der Waals surface area (Å²) in [7, 11) is -2.04. The van der Waals surface area contributed by atoms with Gasteiger partial charge in [-0.1, -0.05) is 19.1 Å². The van der Waals surface area contributed by atoms with Crippen molar-refractivity contribution in [3.05, 3.63) is 48.0 Å². The smallest absolute Gasteiger partial charge is 0.242 e. The summed E-state index contributed by atoms with van der Waals surface area (Å²) in [6.45, 7) is 6.00. The average molecular weight is 548 g/mol. The highest BCUT2D eigenvalue weighted by atomic mass is 32.2. The maximum atomic E-state index is 13.4. The van der Waals surface area contributed by atoms with Gasteiger partial charge >= 0.3 is 0 Å². The first-order valence-corrected chi connectivity index (χ1v) is 14.5. The van der Waals surface area contributed by atoms with Crippen LogP contribution in [0.3, 0.4) is 0 Å². The summed E-state index contributed by atoms with van der Waals surface area (Å²) >= 11 is 0. The molecule has 208 valence electrons. The third-order valence-corrected chi connectivity index (χ3v) is 7.67. The first-order valence-electron chi connectivity index (χ1n) is 12.6. The highest BCUT2D eigenvalue weighted by Gasteiger charge is 2.27. The average Bonchev–Trinajstić information content (AvgIpc) is 3.36. The Balaban J connectivity index is 1.73. The summed E-state index contributed by atoms with van der Waals surface area (Å²) in [6, 6.07) is 11.5. The predicted octanol–water partition coefficient (Wildman–Crippen LogP) is 3.30. The van der Waals surface area contributed by atoms with E-state index in [1.165, 1.54) is 9.21 Å². The van der Waals surface area contributed by atoms with Crippen molar-refractivity contribution >= 4 is 27.5 Å². The standard InChI is InChI=1S/C27H37N3O7S/c1-6-19(2)28-27(32)20(3)29(17-21-9-12-23(35-4)13-10-21)26(31)8-7-15-30(38(5,33)34)22-11-14-24-25(16-22)37-18-36-24/h9-14,16,19-20H,6-8,15,17-18H2,1-5H3,(H,28,32)/t19-,20-/m1/s1. The number of hydrogen-bond acceptors (Lipinski definition) is 7. The number of hydrogen-bond donors (Lipinski definition) is 1. The van der Waals surface area contributed by atoms with Gasteiger partial charge in [0.25, 0.3) is 0 Å². The van der Waals surface area contributed by atoms with Gasteiger partial charge in [-0.3, -0.25) is 13.9 Å². The molecule has 1 aliphatic rings. The Morgan fingerprint density at radius 3 is 2.39 bits per heavy atom. The minimum atomic E-state index is -3.62. The number of ether oxygens (including phenoxy) is 3. The topological polar surface area (TPSA) is 114 Å². The number of rotatable bonds is 13. The Bertz CT molecular complexity index is 1220. The van der Waals surface area contributed by atoms with Crippen molar-refractivity contribution in [3.63, 3.8) is 0 Å². The zero-order chi connectivity index (χ0) is 27.9. The summed E-state index contributed by atoms with van der Waals surface area (Å²) in [6.07, 6.45) is 2.22. The molecule has 2 amide bonds. The largest absolute Gasteiger partial charge is 0.497 e. The van der Waals surface area contributed by atoms with Crippen LogP contribution in [0.4, 0.5) is 5.69 Å². The number of anilines is 1. The van der Waals surface area contributed by atoms with E-state index in [0.29, 0.717) is 22.9 Å². The first kappa shape index (κ1) is 29.1. The Morgan fingerprint density at radius 1 is 1.08 bits per heavy atom. The van der Waals surface area contributed by atoms with E-state index < -0.39 is 16.1 Å². The lowest BCUT2D eigenvalue weighted by molar-refractivity contribution is -0.140. The number of nitrogens with zero attached hydrogens (tertiary/aromatic N) is 2. The van der Waals surface area contributed by atoms with Gasteiger partial charge < -0.3 is 24.4 Å². The second-order valence-corrected chi connectivity index (χ2v) is 11.2. The van der Waals surface area contributed by atoms with Crippen LogP contribution in [0.1, 0.15) is 45.6 Å². The van der Waals surface area contributed by atoms with Crippen molar-refractivity contribution < 1.29 is 32.2 Å². The molecule has 1 N–H and O–H groups in total. The molecule has 0 fully saturated rings. The Kier molecular flexibility index (Phi) is 9.84. The number of amides is 2. The second-order valence-electron chi connectivity index (χ2n) is 9.34. The maximum absolute atomic E-state index is 13.4. The fourth-order valence-corrected chi connectivity index (χ4v) is 4.98. The van der Waals surface area contributed by atoms with Crippen molar-refractivity contribution in [1.29, 1.82) is 0 Å². The summed E-state index contributed by atoms with van der Waals surface area (Å²) in [5, 5.41) is 2.94. The second kappa shape index (κ2) is 12.9. The molecule has 0 radical (unpaired) electrons. The molecule has 0 aromatic heterocycles. The molecule has 1 aliphatic heterocycles. The molecule has 2 aromatic rings. The van der Waals surface area contributed by atoms with Crippen LogP contribution >= 0.6 is 0 Å². The van der Waals surface area contributed by atoms with Gasteiger partial charge in [-0.2, -0.15) is 0 Å². The molecular weight excluding hydrogens is 510 g/mol. The highest BCUT2D eigenvalue weighted by Crippen LogP contribution is 2.36. The zero-order valence-electron chi connectivity index (χ0n) is 22.6. The number of carbonyl (C=O) groups excluding carboxylic acids is 2. The van der Waals surface area contributed by atoms with Gasteiger partial charge in [-0.05, 0) is 56.5 Å². The third-order valence-electron chi connectivity index (χ3n) is 6.48. The van der Waals surface area contributed by atoms with Crippen LogP contribution in [-0.2, 0) is 26.2 Å². The van der Waals surface area contributed by atoms with Crippen LogP contribution in [0, 0.1) is 0 Å². The molecule has 0 saturated heterocycles. The van der Waals surface area contributed by atoms with Crippen LogP contribution in [0.15, 0.2) is 42.5 Å². The number of nitrogens with one attached hydrogen (secondary N) is 1. The van der Waals surface area contributed by atoms with E-state index in [1.54, 1.807) is 44.4 Å². The first-order chi connectivity index (χ1) is 18.0. The van der Waals surface area contributed by atoms with Gasteiger partial charge in [-0.15, -0.1) is 0 Å². The minimum Gasteiger partial charge on any atom is -0.497 e. The van der Waals surface area contributed by atoms with E-state index in [9.17, 15) is 18.0 Å². The van der Waals surface area contributed by atoms with Gasteiger partial charge in [0.05, 0.1) is 19.1 Å². The number of methoxy groups -OCH3 is 1. The summed E-state index contributed by atoms with van der Waals surface area (Å²) in [5.74, 6) is 1.24. The van der Waals surface area contributed by atoms with E-state index in [2.05, 4.69) is 5.32 Å². The highest BCUT2D eigenvalue weighted by molar-refractivity contribution is 7.92. The molecular formula is C27H37N3O7S. The number of fused-ring (bicyclic) bond motifs is 1. The van der Waals surface area contributed by atoms with Crippen molar-refractivity contribution in [2.24, 2.45) is 0 Å². The van der Waals surface area contributed by atoms with Crippen LogP contribution in [0.5, 0.6) is 17.2 Å². The Labute approximate surface area is 224 Å². The zero-order valence-corrected chi connectivity index (χ0v) is 23.4. The van der Waals surface area contributed by atoms with Crippen molar-refractivity contribution in [1.82, 2.24) is 10.2 Å². The lowest BCUT2D eigenvalue weighted by Crippen LogP contribution is -2.49. The molecule has 0 unspecified atom stereocenters. The lowest BCUT2D eigenvalue weighted by atomic mass is 10.1. The van der Waals surface area contributed by atoms with Crippen LogP contribution in [-0.4, -0.2) is 63.9 Å². The van der Waals surface area contributed by atoms with Gasteiger partial charge in [0.2, 0.25) is 28.6 Å².